The van der Waals surface area contributed by atoms with E-state index in [1.807, 2.05) is 24.4 Å². The second-order valence-corrected chi connectivity index (χ2v) is 6.16. The number of fused-ring (bicyclic) bond motifs is 1. The van der Waals surface area contributed by atoms with Crippen LogP contribution in [0.15, 0.2) is 30.5 Å². The lowest BCUT2D eigenvalue weighted by Gasteiger charge is -2.30. The number of methoxy groups -OCH3 is 1. The summed E-state index contributed by atoms with van der Waals surface area (Å²) in [5.41, 5.74) is 2.31. The maximum Gasteiger partial charge on any atom is 0.409 e. The Hall–Kier alpha value is -2.50. The first-order valence-corrected chi connectivity index (χ1v) is 8.34. The zero-order valence-electron chi connectivity index (χ0n) is 13.9. The van der Waals surface area contributed by atoms with Crippen molar-refractivity contribution in [2.75, 3.05) is 26.7 Å². The number of rotatable bonds is 4. The van der Waals surface area contributed by atoms with Gasteiger partial charge in [0.05, 0.1) is 13.0 Å². The highest BCUT2D eigenvalue weighted by Crippen LogP contribution is 2.19. The summed E-state index contributed by atoms with van der Waals surface area (Å²) in [6.07, 6.45) is 4.06. The number of amides is 2. The van der Waals surface area contributed by atoms with Gasteiger partial charge in [0.1, 0.15) is 0 Å². The minimum atomic E-state index is -0.355. The first-order chi connectivity index (χ1) is 11.7. The van der Waals surface area contributed by atoms with Gasteiger partial charge in [0.2, 0.25) is 5.91 Å². The molecule has 3 rings (SSSR count). The maximum absolute atomic E-state index is 12.3. The number of likely N-dealkylation sites (tertiary alicyclic amines) is 1. The Balaban J connectivity index is 1.51. The van der Waals surface area contributed by atoms with E-state index in [9.17, 15) is 9.59 Å². The molecule has 2 amide bonds. The number of H-pyrrole nitrogens is 1. The topological polar surface area (TPSA) is 74.4 Å². The highest BCUT2D eigenvalue weighted by Gasteiger charge is 2.28. The number of hydrogen-bond donors (Lipinski definition) is 2. The number of aromatic amines is 1. The summed E-state index contributed by atoms with van der Waals surface area (Å²) in [7, 11) is 1.37. The summed E-state index contributed by atoms with van der Waals surface area (Å²) in [5, 5.41) is 4.20. The Kier molecular flexibility index (Phi) is 5.03. The summed E-state index contributed by atoms with van der Waals surface area (Å²) in [6.45, 7) is 1.69. The molecule has 6 nitrogen and oxygen atoms in total. The average Bonchev–Trinajstić information content (AvgIpc) is 3.04. The van der Waals surface area contributed by atoms with E-state index >= 15 is 0 Å². The third-order valence-corrected chi connectivity index (χ3v) is 4.59. The fourth-order valence-electron chi connectivity index (χ4n) is 3.29. The van der Waals surface area contributed by atoms with Crippen LogP contribution in [0.3, 0.4) is 0 Å². The molecule has 0 spiro atoms. The predicted molar refractivity (Wildman–Crippen MR) is 91.7 cm³/mol. The van der Waals surface area contributed by atoms with Crippen LogP contribution in [0.1, 0.15) is 18.4 Å². The van der Waals surface area contributed by atoms with E-state index in [0.717, 1.165) is 24.8 Å². The van der Waals surface area contributed by atoms with Crippen molar-refractivity contribution in [1.82, 2.24) is 15.2 Å². The molecule has 6 heteroatoms. The van der Waals surface area contributed by atoms with Crippen LogP contribution in [-0.2, 0) is 16.0 Å². The maximum atomic E-state index is 12.3. The van der Waals surface area contributed by atoms with Gasteiger partial charge in [-0.2, -0.15) is 0 Å². The van der Waals surface area contributed by atoms with Crippen LogP contribution in [0.2, 0.25) is 0 Å². The molecule has 2 heterocycles. The van der Waals surface area contributed by atoms with Crippen molar-refractivity contribution < 1.29 is 14.3 Å². The molecular formula is C18H23N3O3. The molecule has 2 N–H and O–H groups in total. The normalized spacial score (nSPS) is 17.7. The van der Waals surface area contributed by atoms with Crippen LogP contribution in [-0.4, -0.2) is 48.6 Å². The third kappa shape index (κ3) is 3.53. The minimum absolute atomic E-state index is 0.0171. The van der Waals surface area contributed by atoms with Gasteiger partial charge in [-0.3, -0.25) is 4.79 Å². The molecule has 0 saturated carbocycles. The Labute approximate surface area is 141 Å². The fourth-order valence-corrected chi connectivity index (χ4v) is 3.29. The molecule has 1 aromatic heterocycles. The number of para-hydroxylation sites is 1. The number of nitrogens with zero attached hydrogens (tertiary/aromatic N) is 1. The summed E-state index contributed by atoms with van der Waals surface area (Å²) in [4.78, 5) is 28.8. The van der Waals surface area contributed by atoms with Crippen molar-refractivity contribution in [2.24, 2.45) is 5.92 Å². The predicted octanol–water partition coefficient (Wildman–Crippen LogP) is 2.30. The zero-order valence-corrected chi connectivity index (χ0v) is 13.9. The van der Waals surface area contributed by atoms with Gasteiger partial charge in [0.25, 0.3) is 0 Å². The van der Waals surface area contributed by atoms with E-state index in [-0.39, 0.29) is 17.9 Å². The lowest BCUT2D eigenvalue weighted by Crippen LogP contribution is -2.45. The second kappa shape index (κ2) is 7.38. The number of carbonyl (C=O) groups excluding carboxylic acids is 2. The first-order valence-electron chi connectivity index (χ1n) is 8.34. The van der Waals surface area contributed by atoms with Gasteiger partial charge in [-0.05, 0) is 30.9 Å². The molecule has 2 aromatic rings. The van der Waals surface area contributed by atoms with E-state index in [2.05, 4.69) is 16.4 Å². The van der Waals surface area contributed by atoms with E-state index in [1.54, 1.807) is 4.90 Å². The van der Waals surface area contributed by atoms with E-state index in [0.29, 0.717) is 19.6 Å². The van der Waals surface area contributed by atoms with Gasteiger partial charge in [-0.25, -0.2) is 4.79 Å². The highest BCUT2D eigenvalue weighted by atomic mass is 16.5. The number of benzene rings is 1. The summed E-state index contributed by atoms with van der Waals surface area (Å²) in [5.74, 6) is -0.135. The van der Waals surface area contributed by atoms with Crippen molar-refractivity contribution in [3.63, 3.8) is 0 Å². The number of ether oxygens (including phenoxy) is 1. The van der Waals surface area contributed by atoms with Crippen LogP contribution in [0.5, 0.6) is 0 Å². The van der Waals surface area contributed by atoms with Gasteiger partial charge in [-0.1, -0.05) is 18.2 Å². The summed E-state index contributed by atoms with van der Waals surface area (Å²) < 4.78 is 4.74. The van der Waals surface area contributed by atoms with Crippen LogP contribution in [0, 0.1) is 5.92 Å². The van der Waals surface area contributed by atoms with Crippen molar-refractivity contribution >= 4 is 22.9 Å². The molecule has 1 aromatic carbocycles. The number of carbonyl (C=O) groups is 2. The van der Waals surface area contributed by atoms with Crippen LogP contribution in [0.4, 0.5) is 4.79 Å². The SMILES string of the molecule is COC(=O)N1CCCC(C(=O)NCCc2c[nH]c3ccccc23)C1. The second-order valence-electron chi connectivity index (χ2n) is 6.16. The molecule has 1 saturated heterocycles. The molecule has 1 aliphatic rings. The first kappa shape index (κ1) is 16.4. The molecule has 24 heavy (non-hydrogen) atoms. The van der Waals surface area contributed by atoms with Gasteiger partial charge >= 0.3 is 6.09 Å². The molecule has 0 bridgehead atoms. The van der Waals surface area contributed by atoms with Gasteiger partial charge < -0.3 is 19.9 Å². The van der Waals surface area contributed by atoms with Crippen molar-refractivity contribution in [1.29, 1.82) is 0 Å². The highest BCUT2D eigenvalue weighted by molar-refractivity contribution is 5.83. The third-order valence-electron chi connectivity index (χ3n) is 4.59. The Morgan fingerprint density at radius 3 is 3.04 bits per heavy atom. The number of piperidine rings is 1. The summed E-state index contributed by atoms with van der Waals surface area (Å²) >= 11 is 0. The van der Waals surface area contributed by atoms with Crippen molar-refractivity contribution in [3.05, 3.63) is 36.0 Å². The van der Waals surface area contributed by atoms with Crippen LogP contribution in [0.25, 0.3) is 10.9 Å². The Morgan fingerprint density at radius 1 is 1.38 bits per heavy atom. The standard InChI is InChI=1S/C18H23N3O3/c1-24-18(23)21-10-4-5-14(12-21)17(22)19-9-8-13-11-20-16-7-3-2-6-15(13)16/h2-3,6-7,11,14,20H,4-5,8-10,12H2,1H3,(H,19,22). The van der Waals surface area contributed by atoms with Crippen molar-refractivity contribution in [3.8, 4) is 0 Å². The Bertz CT molecular complexity index is 725. The lowest BCUT2D eigenvalue weighted by atomic mass is 9.97. The van der Waals surface area contributed by atoms with E-state index in [4.69, 9.17) is 4.74 Å². The molecule has 1 atom stereocenters. The molecule has 128 valence electrons. The minimum Gasteiger partial charge on any atom is -0.453 e. The lowest BCUT2D eigenvalue weighted by molar-refractivity contribution is -0.126. The number of aromatic nitrogens is 1. The average molecular weight is 329 g/mol. The molecule has 1 aliphatic heterocycles. The smallest absolute Gasteiger partial charge is 0.409 e. The number of nitrogens with one attached hydrogen (secondary N) is 2. The van der Waals surface area contributed by atoms with E-state index in [1.165, 1.54) is 18.1 Å². The zero-order chi connectivity index (χ0) is 16.9. The molecule has 1 unspecified atom stereocenters. The summed E-state index contributed by atoms with van der Waals surface area (Å²) in [6, 6.07) is 8.14. The molecule has 0 radical (unpaired) electrons. The quantitative estimate of drug-likeness (QED) is 0.904. The Morgan fingerprint density at radius 2 is 2.21 bits per heavy atom. The molecule has 0 aliphatic carbocycles. The molecule has 1 fully saturated rings. The van der Waals surface area contributed by atoms with E-state index < -0.39 is 0 Å². The van der Waals surface area contributed by atoms with Crippen LogP contribution >= 0.6 is 0 Å². The van der Waals surface area contributed by atoms with Gasteiger partial charge in [0, 0.05) is 36.7 Å². The molecular weight excluding hydrogens is 306 g/mol. The van der Waals surface area contributed by atoms with Crippen molar-refractivity contribution in [2.45, 2.75) is 19.3 Å². The largest absolute Gasteiger partial charge is 0.453 e. The monoisotopic (exact) mass is 329 g/mol. The van der Waals surface area contributed by atoms with Gasteiger partial charge in [0.15, 0.2) is 0 Å². The van der Waals surface area contributed by atoms with Gasteiger partial charge in [-0.15, -0.1) is 0 Å². The number of hydrogen-bond acceptors (Lipinski definition) is 3. The fraction of sp³-hybridized carbons (Fsp3) is 0.444. The van der Waals surface area contributed by atoms with Crippen LogP contribution < -0.4 is 5.32 Å².